The van der Waals surface area contributed by atoms with Gasteiger partial charge in [0.05, 0.1) is 41.0 Å². The van der Waals surface area contributed by atoms with Crippen molar-refractivity contribution in [3.05, 3.63) is 76.3 Å². The molecule has 0 radical (unpaired) electrons. The van der Waals surface area contributed by atoms with Gasteiger partial charge in [0.15, 0.2) is 0 Å². The first-order valence-corrected chi connectivity index (χ1v) is 13.2. The molecule has 0 saturated carbocycles. The van der Waals surface area contributed by atoms with Crippen LogP contribution in [-0.2, 0) is 11.3 Å². The fourth-order valence-corrected chi connectivity index (χ4v) is 4.54. The van der Waals surface area contributed by atoms with E-state index in [1.807, 2.05) is 43.3 Å². The van der Waals surface area contributed by atoms with Crippen LogP contribution < -0.4 is 20.9 Å². The number of benzene rings is 1. The normalized spacial score (nSPS) is 14.2. The number of anilines is 2. The molecular formula is C28H32ClN9O3. The third-order valence-corrected chi connectivity index (χ3v) is 6.86. The molecule has 3 heterocycles. The molecule has 0 spiro atoms. The van der Waals surface area contributed by atoms with Crippen LogP contribution in [0.2, 0.25) is 5.02 Å². The summed E-state index contributed by atoms with van der Waals surface area (Å²) in [6, 6.07) is 9.17. The van der Waals surface area contributed by atoms with Gasteiger partial charge >= 0.3 is 0 Å². The van der Waals surface area contributed by atoms with Crippen molar-refractivity contribution < 1.29 is 14.7 Å². The van der Waals surface area contributed by atoms with Crippen molar-refractivity contribution in [3.63, 3.8) is 0 Å². The Morgan fingerprint density at radius 2 is 2.05 bits per heavy atom. The number of hydrogen-bond acceptors (Lipinski definition) is 10. The number of amides is 2. The van der Waals surface area contributed by atoms with Gasteiger partial charge in [-0.05, 0) is 30.7 Å². The first-order valence-electron chi connectivity index (χ1n) is 12.8. The summed E-state index contributed by atoms with van der Waals surface area (Å²) < 4.78 is 0. The van der Waals surface area contributed by atoms with Crippen LogP contribution in [0.4, 0.5) is 11.8 Å². The molecule has 1 aromatic carbocycles. The highest BCUT2D eigenvalue weighted by Gasteiger charge is 2.35. The highest BCUT2D eigenvalue weighted by Crippen LogP contribution is 2.32. The van der Waals surface area contributed by atoms with Crippen LogP contribution in [-0.4, -0.2) is 76.8 Å². The zero-order valence-corrected chi connectivity index (χ0v) is 23.9. The molecule has 13 heteroatoms. The van der Waals surface area contributed by atoms with Crippen LogP contribution in [0, 0.1) is 5.41 Å². The molecule has 1 aliphatic rings. The second kappa shape index (κ2) is 12.7. The number of carbonyl (C=O) groups excluding carboxylic acids is 2. The van der Waals surface area contributed by atoms with E-state index >= 15 is 0 Å². The quantitative estimate of drug-likeness (QED) is 0.216. The lowest BCUT2D eigenvalue weighted by atomic mass is 10.0. The van der Waals surface area contributed by atoms with E-state index in [-0.39, 0.29) is 25.0 Å². The molecule has 0 bridgehead atoms. The summed E-state index contributed by atoms with van der Waals surface area (Å²) in [5, 5.41) is 26.4. The Morgan fingerprint density at radius 1 is 1.27 bits per heavy atom. The van der Waals surface area contributed by atoms with Crippen molar-refractivity contribution in [2.45, 2.75) is 25.6 Å². The molecule has 3 aromatic rings. The molecule has 0 saturated heterocycles. The molecule has 0 fully saturated rings. The van der Waals surface area contributed by atoms with Gasteiger partial charge < -0.3 is 36.3 Å². The van der Waals surface area contributed by atoms with Gasteiger partial charge in [-0.1, -0.05) is 29.8 Å². The molecular weight excluding hydrogens is 546 g/mol. The first-order chi connectivity index (χ1) is 19.7. The lowest BCUT2D eigenvalue weighted by Crippen LogP contribution is -2.47. The summed E-state index contributed by atoms with van der Waals surface area (Å²) in [7, 11) is 5.42. The van der Waals surface area contributed by atoms with Gasteiger partial charge in [-0.3, -0.25) is 9.59 Å². The summed E-state index contributed by atoms with van der Waals surface area (Å²) in [4.78, 5) is 43.1. The number of pyridine rings is 1. The van der Waals surface area contributed by atoms with Gasteiger partial charge in [0.25, 0.3) is 5.91 Å². The van der Waals surface area contributed by atoms with Gasteiger partial charge in [0.1, 0.15) is 11.9 Å². The molecule has 5 N–H and O–H groups in total. The zero-order valence-electron chi connectivity index (χ0n) is 23.1. The van der Waals surface area contributed by atoms with Gasteiger partial charge in [-0.15, -0.1) is 0 Å². The minimum Gasteiger partial charge on any atom is -0.394 e. The number of fused-ring (bicyclic) bond motifs is 1. The number of hydrogen-bond donors (Lipinski definition) is 5. The van der Waals surface area contributed by atoms with Gasteiger partial charge in [-0.25, -0.2) is 15.0 Å². The van der Waals surface area contributed by atoms with E-state index in [1.54, 1.807) is 32.3 Å². The molecule has 41 heavy (non-hydrogen) atoms. The molecule has 0 unspecified atom stereocenters. The Labute approximate surface area is 243 Å². The number of nitrogens with zero attached hydrogens (tertiary/aromatic N) is 5. The molecule has 1 aliphatic heterocycles. The fourth-order valence-electron chi connectivity index (χ4n) is 4.34. The number of rotatable bonds is 11. The van der Waals surface area contributed by atoms with E-state index in [9.17, 15) is 14.7 Å². The van der Waals surface area contributed by atoms with E-state index in [1.165, 1.54) is 11.1 Å². The minimum absolute atomic E-state index is 0.234. The summed E-state index contributed by atoms with van der Waals surface area (Å²) >= 11 is 6.41. The van der Waals surface area contributed by atoms with E-state index in [0.717, 1.165) is 11.8 Å². The van der Waals surface area contributed by atoms with Crippen molar-refractivity contribution >= 4 is 41.4 Å². The average molecular weight is 578 g/mol. The number of halogens is 1. The number of carbonyl (C=O) groups is 2. The smallest absolute Gasteiger partial charge is 0.255 e. The number of allylic oxidation sites excluding steroid dienone is 1. The van der Waals surface area contributed by atoms with Gasteiger partial charge in [0.2, 0.25) is 11.9 Å². The van der Waals surface area contributed by atoms with Crippen LogP contribution in [0.15, 0.2) is 54.5 Å². The van der Waals surface area contributed by atoms with E-state index in [4.69, 9.17) is 17.0 Å². The highest BCUT2D eigenvalue weighted by atomic mass is 35.5. The maximum atomic E-state index is 13.4. The van der Waals surface area contributed by atoms with Crippen molar-refractivity contribution in [2.75, 3.05) is 38.0 Å². The minimum atomic E-state index is -0.804. The summed E-state index contributed by atoms with van der Waals surface area (Å²) in [6.45, 7) is 1.56. The van der Waals surface area contributed by atoms with E-state index in [0.29, 0.717) is 39.1 Å². The third kappa shape index (κ3) is 6.44. The van der Waals surface area contributed by atoms with Crippen LogP contribution in [0.3, 0.4) is 0 Å². The standard InChI is InChI=1S/C28H32ClN9O3/c1-16(26(40)35-23(15-39)22-6-5-7-24(34-22)37(3)4)38-14-18-9-8-17(10-20(18)27(38)41)25-21(29)13-32-28(36-25)33-19(11-30)12-31-2/h5-13,16,23,30-31,39H,14-15H2,1-4H3,(H,35,40)(H,32,33,36)/b19-12+,30-11?/t16-,23-/m1/s1. The SMILES string of the molecule is CN/C=C(\C=N)Nc1ncc(Cl)c(-c2ccc3c(c2)C(=O)N([C@H](C)C(=O)N[C@H](CO)c2cccc(N(C)C)n2)C3)n1. The maximum absolute atomic E-state index is 13.4. The lowest BCUT2D eigenvalue weighted by Gasteiger charge is -2.26. The Bertz CT molecular complexity index is 1490. The Morgan fingerprint density at radius 3 is 2.73 bits per heavy atom. The lowest BCUT2D eigenvalue weighted by molar-refractivity contribution is -0.126. The number of aromatic nitrogens is 3. The van der Waals surface area contributed by atoms with Crippen molar-refractivity contribution in [1.29, 1.82) is 5.41 Å². The van der Waals surface area contributed by atoms with Gasteiger partial charge in [0, 0.05) is 51.2 Å². The molecule has 2 atom stereocenters. The topological polar surface area (TPSA) is 159 Å². The summed E-state index contributed by atoms with van der Waals surface area (Å²) in [5.41, 5.74) is 3.19. The van der Waals surface area contributed by atoms with Crippen LogP contribution in [0.1, 0.15) is 34.6 Å². The number of aliphatic hydroxyl groups excluding tert-OH is 1. The number of nitrogens with one attached hydrogen (secondary N) is 4. The molecule has 12 nitrogen and oxygen atoms in total. The van der Waals surface area contributed by atoms with Crippen molar-refractivity contribution in [3.8, 4) is 11.3 Å². The third-order valence-electron chi connectivity index (χ3n) is 6.59. The first kappa shape index (κ1) is 29.4. The fraction of sp³-hybridized carbons (Fsp3) is 0.286. The summed E-state index contributed by atoms with van der Waals surface area (Å²) in [5.74, 6) is 0.218. The monoisotopic (exact) mass is 577 g/mol. The van der Waals surface area contributed by atoms with E-state index in [2.05, 4.69) is 30.9 Å². The van der Waals surface area contributed by atoms with Gasteiger partial charge in [-0.2, -0.15) is 0 Å². The Kier molecular flexibility index (Phi) is 9.15. The van der Waals surface area contributed by atoms with Crippen LogP contribution in [0.5, 0.6) is 0 Å². The molecule has 2 amide bonds. The Hall–Kier alpha value is -4.55. The molecule has 0 aliphatic carbocycles. The number of aliphatic hydroxyl groups is 1. The predicted octanol–water partition coefficient (Wildman–Crippen LogP) is 2.57. The Balaban J connectivity index is 1.52. The zero-order chi connectivity index (χ0) is 29.7. The van der Waals surface area contributed by atoms with Crippen molar-refractivity contribution in [1.82, 2.24) is 30.5 Å². The highest BCUT2D eigenvalue weighted by molar-refractivity contribution is 6.33. The largest absolute Gasteiger partial charge is 0.394 e. The average Bonchev–Trinajstić information content (AvgIpc) is 3.31. The van der Waals surface area contributed by atoms with Crippen LogP contribution in [0.25, 0.3) is 11.3 Å². The van der Waals surface area contributed by atoms with Crippen LogP contribution >= 0.6 is 11.6 Å². The van der Waals surface area contributed by atoms with Crippen molar-refractivity contribution in [2.24, 2.45) is 0 Å². The predicted molar refractivity (Wildman–Crippen MR) is 158 cm³/mol. The molecule has 214 valence electrons. The summed E-state index contributed by atoms with van der Waals surface area (Å²) in [6.07, 6.45) is 4.15. The molecule has 4 rings (SSSR count). The van der Waals surface area contributed by atoms with E-state index < -0.39 is 18.0 Å². The second-order valence-corrected chi connectivity index (χ2v) is 9.99. The second-order valence-electron chi connectivity index (χ2n) is 9.59. The molecule has 2 aromatic heterocycles. The maximum Gasteiger partial charge on any atom is 0.255 e.